The number of nitrogens with zero attached hydrogens (tertiary/aromatic N) is 2. The normalized spacial score (nSPS) is 12.6. The Balaban J connectivity index is 2.44. The number of hydrogen-bond donors (Lipinski definition) is 3. The fourth-order valence-electron chi connectivity index (χ4n) is 1.56. The fraction of sp³-hybridized carbons (Fsp3) is 0.636. The van der Waals surface area contributed by atoms with Gasteiger partial charge < -0.3 is 15.5 Å². The van der Waals surface area contributed by atoms with Gasteiger partial charge in [0.2, 0.25) is 0 Å². The van der Waals surface area contributed by atoms with Crippen LogP contribution in [0, 0.1) is 0 Å². The summed E-state index contributed by atoms with van der Waals surface area (Å²) in [6, 6.07) is -0.513. The van der Waals surface area contributed by atoms with Crippen molar-refractivity contribution < 1.29 is 15.0 Å². The zero-order valence-electron chi connectivity index (χ0n) is 9.96. The van der Waals surface area contributed by atoms with Gasteiger partial charge in [-0.3, -0.25) is 9.48 Å². The number of rotatable bonds is 8. The lowest BCUT2D eigenvalue weighted by molar-refractivity contribution is -0.139. The van der Waals surface area contributed by atoms with Crippen LogP contribution in [0.3, 0.4) is 0 Å². The lowest BCUT2D eigenvalue weighted by Crippen LogP contribution is -2.35. The highest BCUT2D eigenvalue weighted by Gasteiger charge is 2.15. The number of carboxylic acids is 1. The van der Waals surface area contributed by atoms with Crippen molar-refractivity contribution in [3.63, 3.8) is 0 Å². The van der Waals surface area contributed by atoms with Crippen molar-refractivity contribution in [2.45, 2.75) is 38.9 Å². The zero-order chi connectivity index (χ0) is 12.7. The second kappa shape index (κ2) is 7.03. The summed E-state index contributed by atoms with van der Waals surface area (Å²) in [6.07, 6.45) is 4.91. The molecule has 0 radical (unpaired) electrons. The van der Waals surface area contributed by atoms with Crippen molar-refractivity contribution in [2.24, 2.45) is 0 Å². The molecule has 3 N–H and O–H groups in total. The van der Waals surface area contributed by atoms with Crippen molar-refractivity contribution in [1.29, 1.82) is 0 Å². The van der Waals surface area contributed by atoms with E-state index < -0.39 is 12.0 Å². The summed E-state index contributed by atoms with van der Waals surface area (Å²) in [4.78, 5) is 10.9. The van der Waals surface area contributed by atoms with E-state index in [4.69, 9.17) is 10.2 Å². The van der Waals surface area contributed by atoms with Gasteiger partial charge in [0.15, 0.2) is 0 Å². The van der Waals surface area contributed by atoms with Gasteiger partial charge in [0.05, 0.1) is 19.3 Å². The van der Waals surface area contributed by atoms with Crippen LogP contribution in [0.15, 0.2) is 12.4 Å². The first kappa shape index (κ1) is 13.7. The Kier molecular flexibility index (Phi) is 5.65. The van der Waals surface area contributed by atoms with E-state index in [1.54, 1.807) is 17.1 Å². The first-order valence-corrected chi connectivity index (χ1v) is 5.75. The van der Waals surface area contributed by atoms with E-state index >= 15 is 0 Å². The number of hydrogen-bond acceptors (Lipinski definition) is 4. The molecule has 0 aliphatic heterocycles. The summed E-state index contributed by atoms with van der Waals surface area (Å²) in [7, 11) is 0. The largest absolute Gasteiger partial charge is 0.480 e. The van der Waals surface area contributed by atoms with Gasteiger partial charge in [0.25, 0.3) is 0 Å². The molecular formula is C11H19N3O3. The zero-order valence-corrected chi connectivity index (χ0v) is 9.96. The molecule has 0 saturated carbocycles. The van der Waals surface area contributed by atoms with Gasteiger partial charge in [-0.25, -0.2) is 0 Å². The average molecular weight is 241 g/mol. The van der Waals surface area contributed by atoms with Crippen LogP contribution in [0.1, 0.15) is 25.3 Å². The molecule has 96 valence electrons. The maximum Gasteiger partial charge on any atom is 0.320 e. The van der Waals surface area contributed by atoms with E-state index in [1.165, 1.54) is 0 Å². The topological polar surface area (TPSA) is 87.4 Å². The average Bonchev–Trinajstić information content (AvgIpc) is 2.72. The highest BCUT2D eigenvalue weighted by molar-refractivity contribution is 5.73. The van der Waals surface area contributed by atoms with Gasteiger partial charge >= 0.3 is 5.97 Å². The third-order valence-corrected chi connectivity index (χ3v) is 2.44. The van der Waals surface area contributed by atoms with Crippen LogP contribution >= 0.6 is 0 Å². The summed E-state index contributed by atoms with van der Waals surface area (Å²) >= 11 is 0. The third-order valence-electron chi connectivity index (χ3n) is 2.44. The maximum atomic E-state index is 10.9. The van der Waals surface area contributed by atoms with Gasteiger partial charge in [0.1, 0.15) is 6.04 Å². The molecule has 0 fully saturated rings. The monoisotopic (exact) mass is 241 g/mol. The number of carbonyl (C=O) groups is 1. The maximum absolute atomic E-state index is 10.9. The molecule has 0 amide bonds. The molecule has 0 spiro atoms. The van der Waals surface area contributed by atoms with Gasteiger partial charge in [-0.2, -0.15) is 5.10 Å². The Morgan fingerprint density at radius 3 is 3.00 bits per heavy atom. The molecule has 0 bridgehead atoms. The molecule has 6 nitrogen and oxygen atoms in total. The van der Waals surface area contributed by atoms with Crippen LogP contribution < -0.4 is 5.32 Å². The second-order valence-corrected chi connectivity index (χ2v) is 3.90. The number of aliphatic hydroxyl groups excluding tert-OH is 1. The van der Waals surface area contributed by atoms with Crippen LogP contribution in [0.4, 0.5) is 0 Å². The third kappa shape index (κ3) is 4.54. The molecule has 1 unspecified atom stereocenters. The fourth-order valence-corrected chi connectivity index (χ4v) is 1.56. The summed E-state index contributed by atoms with van der Waals surface area (Å²) < 4.78 is 1.63. The first-order chi connectivity index (χ1) is 8.17. The number of aromatic nitrogens is 2. The van der Waals surface area contributed by atoms with Crippen molar-refractivity contribution in [3.05, 3.63) is 18.0 Å². The molecule has 1 atom stereocenters. The summed E-state index contributed by atoms with van der Waals surface area (Å²) in [5.74, 6) is -0.824. The smallest absolute Gasteiger partial charge is 0.320 e. The minimum atomic E-state index is -0.824. The molecule has 0 aliphatic rings. The van der Waals surface area contributed by atoms with Gasteiger partial charge in [-0.05, 0) is 6.42 Å². The number of aliphatic carboxylic acids is 1. The predicted octanol–water partition coefficient (Wildman–Crippen LogP) is 0.218. The molecule has 0 saturated heterocycles. The Morgan fingerprint density at radius 2 is 2.41 bits per heavy atom. The van der Waals surface area contributed by atoms with Crippen LogP contribution in [0.25, 0.3) is 0 Å². The molecule has 1 rings (SSSR count). The Hall–Kier alpha value is -1.40. The molecule has 1 heterocycles. The minimum Gasteiger partial charge on any atom is -0.480 e. The Morgan fingerprint density at radius 1 is 1.65 bits per heavy atom. The molecule has 1 aromatic heterocycles. The minimum absolute atomic E-state index is 0.0438. The highest BCUT2D eigenvalue weighted by atomic mass is 16.4. The lowest BCUT2D eigenvalue weighted by Gasteiger charge is -2.12. The van der Waals surface area contributed by atoms with E-state index in [2.05, 4.69) is 10.4 Å². The van der Waals surface area contributed by atoms with E-state index in [-0.39, 0.29) is 6.61 Å². The molecular weight excluding hydrogens is 222 g/mol. The van der Waals surface area contributed by atoms with E-state index in [0.29, 0.717) is 19.5 Å². The molecule has 1 aromatic rings. The summed E-state index contributed by atoms with van der Waals surface area (Å²) in [6.45, 7) is 2.93. The van der Waals surface area contributed by atoms with Crippen molar-refractivity contribution in [1.82, 2.24) is 15.1 Å². The number of carboxylic acid groups (broad SMARTS) is 1. The Labute approximate surface area is 100 Å². The van der Waals surface area contributed by atoms with Crippen molar-refractivity contribution >= 4 is 5.97 Å². The summed E-state index contributed by atoms with van der Waals surface area (Å²) in [5, 5.41) is 24.7. The number of nitrogens with one attached hydrogen (secondary N) is 1. The quantitative estimate of drug-likeness (QED) is 0.606. The van der Waals surface area contributed by atoms with Crippen LogP contribution in [0.5, 0.6) is 0 Å². The van der Waals surface area contributed by atoms with E-state index in [1.807, 2.05) is 6.92 Å². The van der Waals surface area contributed by atoms with E-state index in [0.717, 1.165) is 12.0 Å². The highest BCUT2D eigenvalue weighted by Crippen LogP contribution is 2.01. The van der Waals surface area contributed by atoms with E-state index in [9.17, 15) is 4.79 Å². The lowest BCUT2D eigenvalue weighted by atomic mass is 10.1. The van der Waals surface area contributed by atoms with Crippen molar-refractivity contribution in [3.8, 4) is 0 Å². The number of aliphatic hydroxyl groups is 1. The van der Waals surface area contributed by atoms with Crippen LogP contribution in [-0.2, 0) is 17.9 Å². The van der Waals surface area contributed by atoms with Gasteiger partial charge in [-0.15, -0.1) is 0 Å². The molecule has 6 heteroatoms. The van der Waals surface area contributed by atoms with Crippen molar-refractivity contribution in [2.75, 3.05) is 6.61 Å². The van der Waals surface area contributed by atoms with Gasteiger partial charge in [0, 0.05) is 18.3 Å². The predicted molar refractivity (Wildman–Crippen MR) is 62.5 cm³/mol. The first-order valence-electron chi connectivity index (χ1n) is 5.75. The standard InChI is InChI=1S/C11H19N3O3/c1-2-3-10(11(16)17)12-6-9-7-13-14(8-9)4-5-15/h7-8,10,12,15H,2-6H2,1H3,(H,16,17). The van der Waals surface area contributed by atoms with Crippen LogP contribution in [0.2, 0.25) is 0 Å². The molecule has 17 heavy (non-hydrogen) atoms. The SMILES string of the molecule is CCCC(NCc1cnn(CCO)c1)C(=O)O. The molecule has 0 aliphatic carbocycles. The molecule has 0 aromatic carbocycles. The second-order valence-electron chi connectivity index (χ2n) is 3.90. The van der Waals surface area contributed by atoms with Crippen LogP contribution in [-0.4, -0.2) is 38.6 Å². The Bertz CT molecular complexity index is 351. The summed E-state index contributed by atoms with van der Waals surface area (Å²) in [5.41, 5.74) is 0.917. The van der Waals surface area contributed by atoms with Gasteiger partial charge in [-0.1, -0.05) is 13.3 Å².